The van der Waals surface area contributed by atoms with Crippen LogP contribution in [-0.2, 0) is 0 Å². The molecule has 0 bridgehead atoms. The molecule has 0 atom stereocenters. The summed E-state index contributed by atoms with van der Waals surface area (Å²) in [6.07, 6.45) is 3.03. The number of hydrogen-bond acceptors (Lipinski definition) is 6. The maximum absolute atomic E-state index is 13.2. The molecule has 0 spiro atoms. The summed E-state index contributed by atoms with van der Waals surface area (Å²) >= 11 is 0. The lowest BCUT2D eigenvalue weighted by atomic mass is 10.1. The number of carbonyl (C=O) groups excluding carboxylic acids is 1. The summed E-state index contributed by atoms with van der Waals surface area (Å²) in [5.41, 5.74) is 1.96. The van der Waals surface area contributed by atoms with Gasteiger partial charge >= 0.3 is 5.63 Å². The first kappa shape index (κ1) is 18.5. The predicted molar refractivity (Wildman–Crippen MR) is 115 cm³/mol. The van der Waals surface area contributed by atoms with Crippen molar-refractivity contribution in [1.29, 1.82) is 0 Å². The fourth-order valence-corrected chi connectivity index (χ4v) is 3.36. The third-order valence-electron chi connectivity index (χ3n) is 4.91. The summed E-state index contributed by atoms with van der Waals surface area (Å²) < 4.78 is 6.66. The lowest BCUT2D eigenvalue weighted by molar-refractivity contribution is 0.0947. The quantitative estimate of drug-likeness (QED) is 0.450. The highest BCUT2D eigenvalue weighted by molar-refractivity contribution is 5.98. The zero-order chi connectivity index (χ0) is 21.4. The Bertz CT molecular complexity index is 1470. The molecule has 3 heterocycles. The van der Waals surface area contributed by atoms with Crippen LogP contribution in [0.2, 0.25) is 0 Å². The summed E-state index contributed by atoms with van der Waals surface area (Å²) in [5.74, 6) is -0.290. The molecule has 150 valence electrons. The van der Waals surface area contributed by atoms with Crippen LogP contribution in [0.15, 0.2) is 94.4 Å². The lowest BCUT2D eigenvalue weighted by Gasteiger charge is -2.06. The van der Waals surface area contributed by atoms with Crippen molar-refractivity contribution < 1.29 is 14.3 Å². The minimum Gasteiger partial charge on any atom is -0.508 e. The normalized spacial score (nSPS) is 11.0. The zero-order valence-corrected chi connectivity index (χ0v) is 16.1. The van der Waals surface area contributed by atoms with Gasteiger partial charge in [0.2, 0.25) is 0 Å². The number of hydrogen-bond donors (Lipinski definition) is 1. The van der Waals surface area contributed by atoms with Gasteiger partial charge in [-0.15, -0.1) is 0 Å². The summed E-state index contributed by atoms with van der Waals surface area (Å²) in [6.45, 7) is 0. The van der Waals surface area contributed by atoms with Crippen molar-refractivity contribution in [3.63, 3.8) is 0 Å². The second-order valence-corrected chi connectivity index (χ2v) is 6.90. The van der Waals surface area contributed by atoms with E-state index in [-0.39, 0.29) is 11.3 Å². The van der Waals surface area contributed by atoms with Gasteiger partial charge in [-0.2, -0.15) is 9.78 Å². The monoisotopic (exact) mass is 409 g/mol. The number of phenolic OH excluding ortho intramolecular Hbond substituents is 1. The molecule has 5 aromatic rings. The van der Waals surface area contributed by atoms with E-state index in [1.807, 2.05) is 12.1 Å². The van der Waals surface area contributed by atoms with E-state index >= 15 is 0 Å². The Morgan fingerprint density at radius 1 is 0.935 bits per heavy atom. The highest BCUT2D eigenvalue weighted by atomic mass is 16.4. The van der Waals surface area contributed by atoms with Crippen molar-refractivity contribution in [2.75, 3.05) is 0 Å². The number of phenols is 1. The Morgan fingerprint density at radius 3 is 2.45 bits per heavy atom. The highest BCUT2D eigenvalue weighted by Crippen LogP contribution is 2.28. The number of para-hydroxylation sites is 1. The summed E-state index contributed by atoms with van der Waals surface area (Å²) in [4.78, 5) is 29.9. The number of aromatic nitrogens is 3. The van der Waals surface area contributed by atoms with Crippen LogP contribution in [0.5, 0.6) is 5.75 Å². The fraction of sp³-hybridized carbons (Fsp3) is 0. The standard InChI is InChI=1S/C24H15N3O4/c28-18-7-5-15(6-8-18)20-14-21(27(26-20)23(29)16-9-11-25-12-10-16)19-13-17-3-1-2-4-22(17)31-24(19)30/h1-14,28H. The Hall–Kier alpha value is -4.52. The summed E-state index contributed by atoms with van der Waals surface area (Å²) in [6, 6.07) is 20.1. The smallest absolute Gasteiger partial charge is 0.345 e. The van der Waals surface area contributed by atoms with Crippen LogP contribution in [0.1, 0.15) is 10.4 Å². The summed E-state index contributed by atoms with van der Waals surface area (Å²) in [7, 11) is 0. The Kier molecular flexibility index (Phi) is 4.41. The predicted octanol–water partition coefficient (Wildman–Crippen LogP) is 4.11. The second kappa shape index (κ2) is 7.38. The molecule has 2 aromatic carbocycles. The molecule has 5 rings (SSSR count). The Morgan fingerprint density at radius 2 is 1.68 bits per heavy atom. The molecule has 3 aromatic heterocycles. The van der Waals surface area contributed by atoms with E-state index in [0.717, 1.165) is 5.39 Å². The molecule has 0 radical (unpaired) electrons. The van der Waals surface area contributed by atoms with E-state index in [4.69, 9.17) is 4.42 Å². The van der Waals surface area contributed by atoms with Gasteiger partial charge in [0.25, 0.3) is 5.91 Å². The highest BCUT2D eigenvalue weighted by Gasteiger charge is 2.21. The second-order valence-electron chi connectivity index (χ2n) is 6.90. The molecule has 0 saturated carbocycles. The molecule has 7 heteroatoms. The van der Waals surface area contributed by atoms with Crippen molar-refractivity contribution in [2.45, 2.75) is 0 Å². The van der Waals surface area contributed by atoms with E-state index in [2.05, 4.69) is 10.1 Å². The third kappa shape index (κ3) is 3.38. The van der Waals surface area contributed by atoms with Crippen LogP contribution in [-0.4, -0.2) is 25.8 Å². The molecule has 0 amide bonds. The molecule has 0 aliphatic carbocycles. The number of fused-ring (bicyclic) bond motifs is 1. The van der Waals surface area contributed by atoms with Gasteiger partial charge in [-0.1, -0.05) is 18.2 Å². The molecule has 0 aliphatic heterocycles. The van der Waals surface area contributed by atoms with E-state index in [9.17, 15) is 14.7 Å². The lowest BCUT2D eigenvalue weighted by Crippen LogP contribution is -2.17. The van der Waals surface area contributed by atoms with Crippen LogP contribution < -0.4 is 5.63 Å². The first-order valence-electron chi connectivity index (χ1n) is 9.47. The molecular formula is C24H15N3O4. The number of pyridine rings is 1. The van der Waals surface area contributed by atoms with E-state index in [0.29, 0.717) is 28.1 Å². The molecule has 0 unspecified atom stereocenters. The van der Waals surface area contributed by atoms with Gasteiger partial charge in [-0.3, -0.25) is 9.78 Å². The largest absolute Gasteiger partial charge is 0.508 e. The number of benzene rings is 2. The number of rotatable bonds is 3. The maximum Gasteiger partial charge on any atom is 0.345 e. The number of carbonyl (C=O) groups is 1. The minimum absolute atomic E-state index is 0.117. The molecule has 1 N–H and O–H groups in total. The number of nitrogens with zero attached hydrogens (tertiary/aromatic N) is 3. The van der Waals surface area contributed by atoms with E-state index in [1.165, 1.54) is 29.2 Å². The Labute approximate surface area is 175 Å². The van der Waals surface area contributed by atoms with Crippen molar-refractivity contribution in [3.05, 3.63) is 101 Å². The minimum atomic E-state index is -0.570. The van der Waals surface area contributed by atoms with Gasteiger partial charge in [-0.25, -0.2) is 4.79 Å². The van der Waals surface area contributed by atoms with Gasteiger partial charge < -0.3 is 9.52 Å². The maximum atomic E-state index is 13.2. The van der Waals surface area contributed by atoms with Crippen molar-refractivity contribution >= 4 is 16.9 Å². The van der Waals surface area contributed by atoms with Gasteiger partial charge in [0.1, 0.15) is 11.3 Å². The number of aromatic hydroxyl groups is 1. The van der Waals surface area contributed by atoms with Crippen LogP contribution in [0.4, 0.5) is 0 Å². The average Bonchev–Trinajstić information content (AvgIpc) is 3.24. The van der Waals surface area contributed by atoms with Gasteiger partial charge in [0, 0.05) is 28.9 Å². The molecular weight excluding hydrogens is 394 g/mol. The van der Waals surface area contributed by atoms with Crippen molar-refractivity contribution in [1.82, 2.24) is 14.8 Å². The molecule has 0 fully saturated rings. The fourth-order valence-electron chi connectivity index (χ4n) is 3.36. The molecule has 0 aliphatic rings. The van der Waals surface area contributed by atoms with Crippen molar-refractivity contribution in [3.8, 4) is 28.3 Å². The topological polar surface area (TPSA) is 98.2 Å². The first-order valence-corrected chi connectivity index (χ1v) is 9.47. The SMILES string of the molecule is O=C(c1ccncc1)n1nc(-c2ccc(O)cc2)cc1-c1cc2ccccc2oc1=O. The van der Waals surface area contributed by atoms with Crippen LogP contribution in [0.25, 0.3) is 33.5 Å². The summed E-state index contributed by atoms with van der Waals surface area (Å²) in [5, 5.41) is 14.8. The zero-order valence-electron chi connectivity index (χ0n) is 16.1. The van der Waals surface area contributed by atoms with Crippen LogP contribution in [0, 0.1) is 0 Å². The molecule has 7 nitrogen and oxygen atoms in total. The van der Waals surface area contributed by atoms with Crippen LogP contribution >= 0.6 is 0 Å². The van der Waals surface area contributed by atoms with Gasteiger partial charge in [0.15, 0.2) is 0 Å². The first-order chi connectivity index (χ1) is 15.1. The molecule has 0 saturated heterocycles. The molecule has 31 heavy (non-hydrogen) atoms. The third-order valence-corrected chi connectivity index (χ3v) is 4.91. The Balaban J connectivity index is 1.74. The average molecular weight is 409 g/mol. The van der Waals surface area contributed by atoms with E-state index in [1.54, 1.807) is 48.5 Å². The van der Waals surface area contributed by atoms with Crippen molar-refractivity contribution in [2.24, 2.45) is 0 Å². The van der Waals surface area contributed by atoms with Crippen LogP contribution in [0.3, 0.4) is 0 Å². The van der Waals surface area contributed by atoms with E-state index < -0.39 is 11.5 Å². The van der Waals surface area contributed by atoms with Gasteiger partial charge in [0.05, 0.1) is 17.0 Å². The van der Waals surface area contributed by atoms with Gasteiger partial charge in [-0.05, 0) is 54.6 Å².